The number of piperazine rings is 1. The van der Waals surface area contributed by atoms with E-state index < -0.39 is 0 Å². The second-order valence-electron chi connectivity index (χ2n) is 6.74. The summed E-state index contributed by atoms with van der Waals surface area (Å²) in [6.45, 7) is 6.73. The van der Waals surface area contributed by atoms with Crippen molar-refractivity contribution in [1.82, 2.24) is 14.8 Å². The van der Waals surface area contributed by atoms with Crippen molar-refractivity contribution in [2.45, 2.75) is 6.92 Å². The number of nitrogens with two attached hydrogens (primary N) is 1. The van der Waals surface area contributed by atoms with Crippen LogP contribution in [-0.2, 0) is 9.59 Å². The zero-order valence-electron chi connectivity index (χ0n) is 14.1. The van der Waals surface area contributed by atoms with Crippen molar-refractivity contribution in [3.05, 3.63) is 24.4 Å². The van der Waals surface area contributed by atoms with Gasteiger partial charge in [0.25, 0.3) is 0 Å². The van der Waals surface area contributed by atoms with Gasteiger partial charge in [-0.3, -0.25) is 14.5 Å². The summed E-state index contributed by atoms with van der Waals surface area (Å²) < 4.78 is 0. The van der Waals surface area contributed by atoms with Crippen LogP contribution < -0.4 is 10.6 Å². The number of hydrogen-bond donors (Lipinski definition) is 1. The van der Waals surface area contributed by atoms with Gasteiger partial charge in [-0.1, -0.05) is 13.0 Å². The van der Waals surface area contributed by atoms with Gasteiger partial charge >= 0.3 is 0 Å². The van der Waals surface area contributed by atoms with Crippen molar-refractivity contribution in [3.63, 3.8) is 0 Å². The third-order valence-corrected chi connectivity index (χ3v) is 4.97. The number of amides is 2. The Bertz CT molecular complexity index is 586. The van der Waals surface area contributed by atoms with Gasteiger partial charge in [0.1, 0.15) is 5.82 Å². The molecule has 0 spiro atoms. The van der Waals surface area contributed by atoms with E-state index in [1.54, 1.807) is 6.20 Å². The van der Waals surface area contributed by atoms with Crippen molar-refractivity contribution in [1.29, 1.82) is 0 Å². The average Bonchev–Trinajstić information content (AvgIpc) is 2.97. The predicted octanol–water partition coefficient (Wildman–Crippen LogP) is -0.217. The Balaban J connectivity index is 1.57. The lowest BCUT2D eigenvalue weighted by Crippen LogP contribution is -2.52. The molecule has 7 heteroatoms. The highest BCUT2D eigenvalue weighted by molar-refractivity contribution is 5.81. The quantitative estimate of drug-likeness (QED) is 0.825. The fourth-order valence-electron chi connectivity index (χ4n) is 3.60. The molecule has 0 unspecified atom stereocenters. The van der Waals surface area contributed by atoms with Crippen LogP contribution in [0.15, 0.2) is 24.4 Å². The van der Waals surface area contributed by atoms with Crippen molar-refractivity contribution in [2.24, 2.45) is 17.6 Å². The van der Waals surface area contributed by atoms with Gasteiger partial charge in [-0.15, -0.1) is 0 Å². The molecule has 2 aliphatic rings. The number of carbonyl (C=O) groups excluding carboxylic acids is 2. The van der Waals surface area contributed by atoms with E-state index in [9.17, 15) is 9.59 Å². The van der Waals surface area contributed by atoms with Crippen LogP contribution in [0.3, 0.4) is 0 Å². The lowest BCUT2D eigenvalue weighted by atomic mass is 9.96. The minimum Gasteiger partial charge on any atom is -0.369 e. The molecule has 24 heavy (non-hydrogen) atoms. The molecule has 7 nitrogen and oxygen atoms in total. The fraction of sp³-hybridized carbons (Fsp3) is 0.588. The van der Waals surface area contributed by atoms with Gasteiger partial charge in [-0.05, 0) is 18.1 Å². The van der Waals surface area contributed by atoms with Gasteiger partial charge in [-0.2, -0.15) is 0 Å². The minimum atomic E-state index is -0.315. The molecule has 3 rings (SSSR count). The third kappa shape index (κ3) is 3.67. The SMILES string of the molecule is C[C@@H]1CN(c2ccccn2)C[C@H]1C(=O)N1CCN(CC(N)=O)CC1. The third-order valence-electron chi connectivity index (χ3n) is 4.97. The van der Waals surface area contributed by atoms with Gasteiger partial charge < -0.3 is 15.5 Å². The molecule has 2 amide bonds. The molecule has 2 aliphatic heterocycles. The first kappa shape index (κ1) is 16.7. The molecule has 1 aromatic rings. The summed E-state index contributed by atoms with van der Waals surface area (Å²) in [4.78, 5) is 34.4. The first-order chi connectivity index (χ1) is 11.5. The second-order valence-corrected chi connectivity index (χ2v) is 6.74. The number of nitrogens with zero attached hydrogens (tertiary/aromatic N) is 4. The van der Waals surface area contributed by atoms with E-state index >= 15 is 0 Å². The maximum Gasteiger partial charge on any atom is 0.231 e. The van der Waals surface area contributed by atoms with Crippen LogP contribution in [0.5, 0.6) is 0 Å². The van der Waals surface area contributed by atoms with Crippen molar-refractivity contribution in [3.8, 4) is 0 Å². The molecule has 0 saturated carbocycles. The van der Waals surface area contributed by atoms with E-state index in [0.717, 1.165) is 18.9 Å². The highest BCUT2D eigenvalue weighted by Gasteiger charge is 2.38. The number of aromatic nitrogens is 1. The van der Waals surface area contributed by atoms with E-state index in [1.807, 2.05) is 28.0 Å². The van der Waals surface area contributed by atoms with Gasteiger partial charge in [0.15, 0.2) is 0 Å². The summed E-state index contributed by atoms with van der Waals surface area (Å²) in [5.74, 6) is 1.16. The molecule has 0 radical (unpaired) electrons. The average molecular weight is 331 g/mol. The summed E-state index contributed by atoms with van der Waals surface area (Å²) in [6, 6.07) is 5.86. The number of primary amides is 1. The van der Waals surface area contributed by atoms with Crippen LogP contribution >= 0.6 is 0 Å². The normalized spacial score (nSPS) is 25.0. The molecule has 0 aromatic carbocycles. The maximum absolute atomic E-state index is 12.9. The van der Waals surface area contributed by atoms with Crippen LogP contribution in [-0.4, -0.2) is 72.4 Å². The van der Waals surface area contributed by atoms with Crippen molar-refractivity contribution in [2.75, 3.05) is 50.7 Å². The Morgan fingerprint density at radius 1 is 1.21 bits per heavy atom. The number of hydrogen-bond acceptors (Lipinski definition) is 5. The topological polar surface area (TPSA) is 82.8 Å². The first-order valence-corrected chi connectivity index (χ1v) is 8.50. The van der Waals surface area contributed by atoms with Gasteiger partial charge in [0.2, 0.25) is 11.8 Å². The molecular formula is C17H25N5O2. The molecular weight excluding hydrogens is 306 g/mol. The number of rotatable bonds is 4. The molecule has 0 aliphatic carbocycles. The Hall–Kier alpha value is -2.15. The smallest absolute Gasteiger partial charge is 0.231 e. The predicted molar refractivity (Wildman–Crippen MR) is 91.3 cm³/mol. The molecule has 2 atom stereocenters. The summed E-state index contributed by atoms with van der Waals surface area (Å²) >= 11 is 0. The van der Waals surface area contributed by atoms with Gasteiger partial charge in [0.05, 0.1) is 12.5 Å². The molecule has 1 aromatic heterocycles. The van der Waals surface area contributed by atoms with E-state index in [2.05, 4.69) is 16.8 Å². The van der Waals surface area contributed by atoms with Crippen LogP contribution in [0.25, 0.3) is 0 Å². The molecule has 2 N–H and O–H groups in total. The van der Waals surface area contributed by atoms with Crippen LogP contribution in [0, 0.1) is 11.8 Å². The van der Waals surface area contributed by atoms with Gasteiger partial charge in [-0.25, -0.2) is 4.98 Å². The molecule has 130 valence electrons. The van der Waals surface area contributed by atoms with E-state index in [0.29, 0.717) is 32.1 Å². The van der Waals surface area contributed by atoms with Crippen LogP contribution in [0.4, 0.5) is 5.82 Å². The van der Waals surface area contributed by atoms with Gasteiger partial charge in [0, 0.05) is 45.5 Å². The summed E-state index contributed by atoms with van der Waals surface area (Å²) in [6.07, 6.45) is 1.78. The Morgan fingerprint density at radius 3 is 2.58 bits per heavy atom. The van der Waals surface area contributed by atoms with E-state index in [4.69, 9.17) is 5.73 Å². The summed E-state index contributed by atoms with van der Waals surface area (Å²) in [7, 11) is 0. The molecule has 0 bridgehead atoms. The van der Waals surface area contributed by atoms with Crippen LogP contribution in [0.1, 0.15) is 6.92 Å². The highest BCUT2D eigenvalue weighted by Crippen LogP contribution is 2.28. The van der Waals surface area contributed by atoms with Crippen molar-refractivity contribution >= 4 is 17.6 Å². The second kappa shape index (κ2) is 7.17. The standard InChI is InChI=1S/C17H25N5O2/c1-13-10-22(16-4-2-3-5-19-16)11-14(13)17(24)21-8-6-20(7-9-21)12-15(18)23/h2-5,13-14H,6-12H2,1H3,(H2,18,23)/t13-,14-/m1/s1. The minimum absolute atomic E-state index is 0.00898. The lowest BCUT2D eigenvalue weighted by Gasteiger charge is -2.35. The van der Waals surface area contributed by atoms with E-state index in [1.165, 1.54) is 0 Å². The largest absolute Gasteiger partial charge is 0.369 e. The number of pyridine rings is 1. The fourth-order valence-corrected chi connectivity index (χ4v) is 3.60. The zero-order valence-corrected chi connectivity index (χ0v) is 14.1. The lowest BCUT2D eigenvalue weighted by molar-refractivity contribution is -0.137. The molecule has 2 saturated heterocycles. The van der Waals surface area contributed by atoms with E-state index in [-0.39, 0.29) is 24.3 Å². The Morgan fingerprint density at radius 2 is 1.96 bits per heavy atom. The summed E-state index contributed by atoms with van der Waals surface area (Å²) in [5, 5.41) is 0. The Labute approximate surface area is 142 Å². The number of carbonyl (C=O) groups is 2. The zero-order chi connectivity index (χ0) is 17.1. The van der Waals surface area contributed by atoms with Crippen molar-refractivity contribution < 1.29 is 9.59 Å². The monoisotopic (exact) mass is 331 g/mol. The maximum atomic E-state index is 12.9. The first-order valence-electron chi connectivity index (χ1n) is 8.50. The van der Waals surface area contributed by atoms with Crippen LogP contribution in [0.2, 0.25) is 0 Å². The Kier molecular flexibility index (Phi) is 4.99. The number of anilines is 1. The highest BCUT2D eigenvalue weighted by atomic mass is 16.2. The summed E-state index contributed by atoms with van der Waals surface area (Å²) in [5.41, 5.74) is 5.23. The molecule has 2 fully saturated rings. The molecule has 3 heterocycles.